The van der Waals surface area contributed by atoms with Crippen molar-refractivity contribution < 1.29 is 28.7 Å². The van der Waals surface area contributed by atoms with Crippen LogP contribution in [0.25, 0.3) is 0 Å². The molecule has 1 atom stereocenters. The molecular weight excluding hydrogens is 408 g/mol. The van der Waals surface area contributed by atoms with Gasteiger partial charge in [-0.3, -0.25) is 14.9 Å². The second-order valence-electron chi connectivity index (χ2n) is 5.93. The molecule has 0 saturated carbocycles. The molecule has 0 amide bonds. The predicted octanol–water partition coefficient (Wildman–Crippen LogP) is 1.95. The van der Waals surface area contributed by atoms with Crippen molar-refractivity contribution in [1.82, 2.24) is 0 Å². The Morgan fingerprint density at radius 3 is 2.72 bits per heavy atom. The van der Waals surface area contributed by atoms with E-state index in [2.05, 4.69) is 0 Å². The molecular formula is C18H15ClN2O8. The Morgan fingerprint density at radius 2 is 2.14 bits per heavy atom. The lowest BCUT2D eigenvalue weighted by atomic mass is 9.86. The number of nitro groups is 1. The molecule has 0 spiro atoms. The van der Waals surface area contributed by atoms with Crippen LogP contribution in [0, 0.1) is 10.1 Å². The van der Waals surface area contributed by atoms with Crippen molar-refractivity contribution in [2.24, 2.45) is 5.73 Å². The number of ether oxygens (including phenoxy) is 2. The summed E-state index contributed by atoms with van der Waals surface area (Å²) in [5.74, 6) is -2.75. The molecule has 2 heterocycles. The van der Waals surface area contributed by atoms with Crippen LogP contribution in [-0.2, 0) is 16.1 Å². The molecule has 0 unspecified atom stereocenters. The molecule has 0 radical (unpaired) electrons. The minimum absolute atomic E-state index is 0.0385. The molecule has 29 heavy (non-hydrogen) atoms. The quantitative estimate of drug-likeness (QED) is 0.417. The van der Waals surface area contributed by atoms with Crippen LogP contribution < -0.4 is 15.9 Å². The second kappa shape index (κ2) is 7.94. The van der Waals surface area contributed by atoms with E-state index in [4.69, 9.17) is 31.2 Å². The summed E-state index contributed by atoms with van der Waals surface area (Å²) in [6.45, 7) is 1.05. The fourth-order valence-corrected chi connectivity index (χ4v) is 3.21. The van der Waals surface area contributed by atoms with Crippen LogP contribution in [0.3, 0.4) is 0 Å². The van der Waals surface area contributed by atoms with Crippen LogP contribution >= 0.6 is 11.6 Å². The number of rotatable bonds is 5. The largest absolute Gasteiger partial charge is 0.462 e. The number of carbonyl (C=O) groups is 1. The molecule has 0 aliphatic carbocycles. The van der Waals surface area contributed by atoms with E-state index in [1.54, 1.807) is 6.92 Å². The van der Waals surface area contributed by atoms with E-state index in [0.717, 1.165) is 12.1 Å². The Balaban J connectivity index is 2.28. The monoisotopic (exact) mass is 422 g/mol. The minimum atomic E-state index is -1.10. The van der Waals surface area contributed by atoms with Crippen molar-refractivity contribution in [3.05, 3.63) is 78.2 Å². The van der Waals surface area contributed by atoms with Crippen molar-refractivity contribution in [2.75, 3.05) is 6.61 Å². The van der Waals surface area contributed by atoms with Crippen LogP contribution in [-0.4, -0.2) is 22.6 Å². The van der Waals surface area contributed by atoms with Crippen LogP contribution in [0.1, 0.15) is 29.9 Å². The van der Waals surface area contributed by atoms with Gasteiger partial charge in [-0.1, -0.05) is 17.7 Å². The van der Waals surface area contributed by atoms with Gasteiger partial charge in [0.05, 0.1) is 17.4 Å². The number of benzene rings is 1. The summed E-state index contributed by atoms with van der Waals surface area (Å²) in [6.07, 6.45) is 0. The zero-order valence-electron chi connectivity index (χ0n) is 15.0. The molecule has 0 fully saturated rings. The summed E-state index contributed by atoms with van der Waals surface area (Å²) < 4.78 is 15.9. The SMILES string of the molecule is CCOC(=O)C1=C(N)Oc2c(oc(CO)cc2=O)[C@H]1c1ccc([N+](=O)[O-])c(Cl)c1. The first-order valence-electron chi connectivity index (χ1n) is 8.34. The van der Waals surface area contributed by atoms with Crippen molar-refractivity contribution in [1.29, 1.82) is 0 Å². The van der Waals surface area contributed by atoms with Crippen molar-refractivity contribution >= 4 is 23.3 Å². The Bertz CT molecular complexity index is 1090. The first kappa shape index (κ1) is 20.4. The molecule has 0 saturated heterocycles. The first-order chi connectivity index (χ1) is 13.8. The smallest absolute Gasteiger partial charge is 0.340 e. The Morgan fingerprint density at radius 1 is 1.41 bits per heavy atom. The Kier molecular flexibility index (Phi) is 5.57. The number of nitrogens with two attached hydrogens (primary N) is 1. The third kappa shape index (κ3) is 3.67. The highest BCUT2D eigenvalue weighted by Crippen LogP contribution is 2.43. The zero-order valence-corrected chi connectivity index (χ0v) is 15.8. The van der Waals surface area contributed by atoms with Crippen LogP contribution in [0.4, 0.5) is 5.69 Å². The molecule has 1 aliphatic rings. The van der Waals surface area contributed by atoms with Gasteiger partial charge in [0, 0.05) is 12.1 Å². The number of aliphatic hydroxyl groups is 1. The first-order valence-corrected chi connectivity index (χ1v) is 8.72. The van der Waals surface area contributed by atoms with Crippen molar-refractivity contribution in [3.63, 3.8) is 0 Å². The zero-order chi connectivity index (χ0) is 21.3. The van der Waals surface area contributed by atoms with Gasteiger partial charge < -0.3 is 24.7 Å². The van der Waals surface area contributed by atoms with Crippen LogP contribution in [0.2, 0.25) is 5.02 Å². The average Bonchev–Trinajstić information content (AvgIpc) is 2.67. The lowest BCUT2D eigenvalue weighted by Gasteiger charge is -2.27. The topological polar surface area (TPSA) is 155 Å². The fourth-order valence-electron chi connectivity index (χ4n) is 2.95. The molecule has 0 bridgehead atoms. The summed E-state index contributed by atoms with van der Waals surface area (Å²) in [6, 6.07) is 4.79. The number of esters is 1. The van der Waals surface area contributed by atoms with Gasteiger partial charge in [0.2, 0.25) is 17.1 Å². The molecule has 152 valence electrons. The van der Waals surface area contributed by atoms with E-state index >= 15 is 0 Å². The van der Waals surface area contributed by atoms with E-state index in [9.17, 15) is 24.8 Å². The molecule has 3 N–H and O–H groups in total. The maximum atomic E-state index is 12.6. The summed E-state index contributed by atoms with van der Waals surface area (Å²) in [4.78, 5) is 35.3. The van der Waals surface area contributed by atoms with Gasteiger partial charge in [0.15, 0.2) is 5.76 Å². The number of nitro benzene ring substituents is 1. The maximum absolute atomic E-state index is 12.6. The molecule has 11 heteroatoms. The molecule has 10 nitrogen and oxygen atoms in total. The highest BCUT2D eigenvalue weighted by Gasteiger charge is 2.39. The molecule has 2 aromatic rings. The third-order valence-corrected chi connectivity index (χ3v) is 4.46. The summed E-state index contributed by atoms with van der Waals surface area (Å²) in [5.41, 5.74) is 5.03. The highest BCUT2D eigenvalue weighted by atomic mass is 35.5. The van der Waals surface area contributed by atoms with Gasteiger partial charge >= 0.3 is 5.97 Å². The standard InChI is InChI=1S/C18H15ClN2O8/c1-2-27-18(24)14-13(8-3-4-11(21(25)26)10(19)5-8)16-15(29-17(14)20)12(23)6-9(7-22)28-16/h3-6,13,22H,2,7,20H2,1H3/t13-/m0/s1. The number of halogens is 1. The number of fused-ring (bicyclic) bond motifs is 1. The Labute approximate surface area is 168 Å². The third-order valence-electron chi connectivity index (χ3n) is 4.16. The lowest BCUT2D eigenvalue weighted by Crippen LogP contribution is -2.30. The van der Waals surface area contributed by atoms with Crippen molar-refractivity contribution in [3.8, 4) is 5.75 Å². The summed E-state index contributed by atoms with van der Waals surface area (Å²) in [5, 5.41) is 20.2. The number of carbonyl (C=O) groups excluding carboxylic acids is 1. The summed E-state index contributed by atoms with van der Waals surface area (Å²) >= 11 is 6.02. The number of aliphatic hydroxyl groups excluding tert-OH is 1. The van der Waals surface area contributed by atoms with Crippen molar-refractivity contribution in [2.45, 2.75) is 19.4 Å². The van der Waals surface area contributed by atoms with Gasteiger partial charge in [0.1, 0.15) is 23.0 Å². The van der Waals surface area contributed by atoms with E-state index in [1.165, 1.54) is 12.1 Å². The maximum Gasteiger partial charge on any atom is 0.340 e. The van der Waals surface area contributed by atoms with E-state index < -0.39 is 28.8 Å². The van der Waals surface area contributed by atoms with Crippen LogP contribution in [0.15, 0.2) is 44.9 Å². The Hall–Kier alpha value is -3.37. The van der Waals surface area contributed by atoms with E-state index in [0.29, 0.717) is 0 Å². The minimum Gasteiger partial charge on any atom is -0.462 e. The van der Waals surface area contributed by atoms with Gasteiger partial charge in [-0.25, -0.2) is 4.79 Å². The van der Waals surface area contributed by atoms with Gasteiger partial charge in [-0.2, -0.15) is 0 Å². The van der Waals surface area contributed by atoms with Crippen LogP contribution in [0.5, 0.6) is 5.75 Å². The van der Waals surface area contributed by atoms with Gasteiger partial charge in [-0.15, -0.1) is 0 Å². The average molecular weight is 423 g/mol. The molecule has 1 aromatic heterocycles. The fraction of sp³-hybridized carbons (Fsp3) is 0.222. The van der Waals surface area contributed by atoms with Gasteiger partial charge in [0.25, 0.3) is 5.69 Å². The molecule has 1 aliphatic heterocycles. The van der Waals surface area contributed by atoms with Gasteiger partial charge in [-0.05, 0) is 18.6 Å². The summed E-state index contributed by atoms with van der Waals surface area (Å²) in [7, 11) is 0. The normalized spacial score (nSPS) is 15.5. The number of hydrogen-bond donors (Lipinski definition) is 2. The predicted molar refractivity (Wildman–Crippen MR) is 99.3 cm³/mol. The van der Waals surface area contributed by atoms with E-state index in [-0.39, 0.29) is 51.6 Å². The number of nitrogens with zero attached hydrogens (tertiary/aromatic N) is 1. The highest BCUT2D eigenvalue weighted by molar-refractivity contribution is 6.32. The second-order valence-corrected chi connectivity index (χ2v) is 6.34. The molecule has 1 aromatic carbocycles. The number of hydrogen-bond acceptors (Lipinski definition) is 9. The molecule has 3 rings (SSSR count). The lowest BCUT2D eigenvalue weighted by molar-refractivity contribution is -0.384. The van der Waals surface area contributed by atoms with E-state index in [1.807, 2.05) is 0 Å².